The summed E-state index contributed by atoms with van der Waals surface area (Å²) in [6.45, 7) is 2.51. The Morgan fingerprint density at radius 1 is 1.16 bits per heavy atom. The summed E-state index contributed by atoms with van der Waals surface area (Å²) in [5, 5.41) is 32.4. The molecule has 1 fully saturated rings. The van der Waals surface area contributed by atoms with Crippen LogP contribution in [0, 0.1) is 11.6 Å². The Labute approximate surface area is 220 Å². The third-order valence-corrected chi connectivity index (χ3v) is 7.43. The van der Waals surface area contributed by atoms with E-state index < -0.39 is 35.8 Å². The van der Waals surface area contributed by atoms with E-state index in [-0.39, 0.29) is 46.5 Å². The first-order chi connectivity index (χ1) is 18.1. The van der Waals surface area contributed by atoms with Gasteiger partial charge in [0, 0.05) is 43.6 Å². The van der Waals surface area contributed by atoms with Crippen molar-refractivity contribution in [1.29, 1.82) is 0 Å². The second-order valence-electron chi connectivity index (χ2n) is 8.91. The number of anilines is 2. The predicted molar refractivity (Wildman–Crippen MR) is 137 cm³/mol. The number of primary amides is 1. The molecule has 2 amide bonds. The Balaban J connectivity index is 1.58. The van der Waals surface area contributed by atoms with Gasteiger partial charge in [0.15, 0.2) is 6.23 Å². The van der Waals surface area contributed by atoms with Crippen LogP contribution in [0.1, 0.15) is 40.7 Å². The predicted octanol–water partition coefficient (Wildman–Crippen LogP) is 3.31. The Morgan fingerprint density at radius 3 is 2.39 bits per heavy atom. The fourth-order valence-electron chi connectivity index (χ4n) is 4.13. The minimum Gasteiger partial charge on any atom is -0.465 e. The minimum atomic E-state index is -1.09. The van der Waals surface area contributed by atoms with Crippen LogP contribution in [0.3, 0.4) is 0 Å². The summed E-state index contributed by atoms with van der Waals surface area (Å²) >= 11 is 0.914. The maximum Gasteiger partial charge on any atom is 0.407 e. The third kappa shape index (κ3) is 5.75. The highest BCUT2D eigenvalue weighted by Gasteiger charge is 2.27. The second kappa shape index (κ2) is 11.4. The van der Waals surface area contributed by atoms with Crippen LogP contribution in [-0.4, -0.2) is 74.9 Å². The molecule has 2 atom stereocenters. The molecule has 2 aromatic heterocycles. The number of carboxylic acid groups (broad SMARTS) is 1. The first kappa shape index (κ1) is 27.4. The molecule has 0 aliphatic carbocycles. The molecule has 202 valence electrons. The summed E-state index contributed by atoms with van der Waals surface area (Å²) in [4.78, 5) is 30.7. The molecule has 0 spiro atoms. The van der Waals surface area contributed by atoms with E-state index in [2.05, 4.69) is 10.3 Å². The standard InChI is InChI=1S/C25H27F2N5O5S/c1-13(12-33)14-9-16(26)21(17(27)10-14)19-11-15(22(28)34)23(38-19)30-20-4-2-3-18(29-20)24(35)31-5-7-32(8-6-31)25(36)37/h2-4,9-11,13,24,33,35H,5-8,12H2,1H3,(H2,28,34)(H,29,30)(H,36,37). The summed E-state index contributed by atoms with van der Waals surface area (Å²) in [5.41, 5.74) is 5.81. The number of halogens is 2. The number of hydrogen-bond donors (Lipinski definition) is 5. The van der Waals surface area contributed by atoms with Crippen LogP contribution in [0.4, 0.5) is 24.4 Å². The van der Waals surface area contributed by atoms with Gasteiger partial charge in [-0.2, -0.15) is 0 Å². The lowest BCUT2D eigenvalue weighted by molar-refractivity contribution is -0.0267. The minimum absolute atomic E-state index is 0.00847. The molecule has 3 aromatic rings. The first-order valence-corrected chi connectivity index (χ1v) is 12.6. The van der Waals surface area contributed by atoms with Crippen LogP contribution in [0.2, 0.25) is 0 Å². The van der Waals surface area contributed by atoms with Gasteiger partial charge in [-0.3, -0.25) is 9.69 Å². The molecule has 1 aromatic carbocycles. The number of nitrogens with zero attached hydrogens (tertiary/aromatic N) is 3. The Morgan fingerprint density at radius 2 is 1.82 bits per heavy atom. The monoisotopic (exact) mass is 547 g/mol. The number of pyridine rings is 1. The lowest BCUT2D eigenvalue weighted by Gasteiger charge is -2.35. The van der Waals surface area contributed by atoms with Crippen LogP contribution >= 0.6 is 11.3 Å². The number of rotatable bonds is 8. The van der Waals surface area contributed by atoms with Crippen LogP contribution < -0.4 is 11.1 Å². The van der Waals surface area contributed by atoms with E-state index in [0.29, 0.717) is 24.3 Å². The van der Waals surface area contributed by atoms with E-state index in [0.717, 1.165) is 23.5 Å². The van der Waals surface area contributed by atoms with Gasteiger partial charge in [0.05, 0.1) is 16.8 Å². The van der Waals surface area contributed by atoms with Crippen molar-refractivity contribution in [2.24, 2.45) is 5.73 Å². The van der Waals surface area contributed by atoms with Crippen molar-refractivity contribution in [3.05, 3.63) is 64.9 Å². The molecule has 10 nitrogen and oxygen atoms in total. The van der Waals surface area contributed by atoms with Crippen LogP contribution in [0.15, 0.2) is 36.4 Å². The number of nitrogens with two attached hydrogens (primary N) is 1. The van der Waals surface area contributed by atoms with E-state index in [1.807, 2.05) is 0 Å². The molecule has 1 aliphatic rings. The molecule has 1 saturated heterocycles. The molecule has 2 unspecified atom stereocenters. The van der Waals surface area contributed by atoms with Crippen molar-refractivity contribution in [2.75, 3.05) is 38.1 Å². The summed E-state index contributed by atoms with van der Waals surface area (Å²) in [6, 6.07) is 8.44. The number of carbonyl (C=O) groups excluding carboxylic acids is 1. The molecule has 0 bridgehead atoms. The van der Waals surface area contributed by atoms with Crippen molar-refractivity contribution in [2.45, 2.75) is 19.1 Å². The molecular weight excluding hydrogens is 520 g/mol. The maximum absolute atomic E-state index is 14.9. The van der Waals surface area contributed by atoms with Crippen molar-refractivity contribution in [3.8, 4) is 10.4 Å². The van der Waals surface area contributed by atoms with Gasteiger partial charge >= 0.3 is 6.09 Å². The highest BCUT2D eigenvalue weighted by molar-refractivity contribution is 7.20. The van der Waals surface area contributed by atoms with Crippen molar-refractivity contribution in [3.63, 3.8) is 0 Å². The van der Waals surface area contributed by atoms with Crippen molar-refractivity contribution < 1.29 is 33.7 Å². The van der Waals surface area contributed by atoms with Gasteiger partial charge in [0.1, 0.15) is 22.5 Å². The zero-order chi connectivity index (χ0) is 27.6. The molecule has 4 rings (SSSR count). The van der Waals surface area contributed by atoms with Gasteiger partial charge in [-0.25, -0.2) is 18.6 Å². The number of nitrogens with one attached hydrogen (secondary N) is 1. The van der Waals surface area contributed by atoms with Crippen LogP contribution in [-0.2, 0) is 0 Å². The normalized spacial score (nSPS) is 15.8. The smallest absolute Gasteiger partial charge is 0.407 e. The summed E-state index contributed by atoms with van der Waals surface area (Å²) in [6.07, 6.45) is -2.11. The number of benzene rings is 1. The Bertz CT molecular complexity index is 1320. The number of aliphatic hydroxyl groups is 2. The van der Waals surface area contributed by atoms with Crippen molar-refractivity contribution >= 4 is 34.2 Å². The molecule has 6 N–H and O–H groups in total. The van der Waals surface area contributed by atoms with Gasteiger partial charge in [-0.05, 0) is 35.9 Å². The Kier molecular flexibility index (Phi) is 8.21. The zero-order valence-electron chi connectivity index (χ0n) is 20.4. The summed E-state index contributed by atoms with van der Waals surface area (Å²) in [7, 11) is 0. The van der Waals surface area contributed by atoms with E-state index in [4.69, 9.17) is 10.8 Å². The number of aliphatic hydroxyl groups excluding tert-OH is 2. The van der Waals surface area contributed by atoms with Crippen LogP contribution in [0.5, 0.6) is 0 Å². The van der Waals surface area contributed by atoms with E-state index in [9.17, 15) is 28.6 Å². The molecule has 38 heavy (non-hydrogen) atoms. The van der Waals surface area contributed by atoms with Gasteiger partial charge in [-0.15, -0.1) is 11.3 Å². The quantitative estimate of drug-likeness (QED) is 0.288. The van der Waals surface area contributed by atoms with E-state index in [1.54, 1.807) is 30.0 Å². The van der Waals surface area contributed by atoms with Crippen LogP contribution in [0.25, 0.3) is 10.4 Å². The number of amides is 2. The lowest BCUT2D eigenvalue weighted by atomic mass is 9.99. The number of aromatic nitrogens is 1. The fraction of sp³-hybridized carbons (Fsp3) is 0.320. The lowest BCUT2D eigenvalue weighted by Crippen LogP contribution is -2.49. The van der Waals surface area contributed by atoms with E-state index >= 15 is 0 Å². The van der Waals surface area contributed by atoms with E-state index in [1.165, 1.54) is 11.0 Å². The number of hydrogen-bond acceptors (Lipinski definition) is 8. The molecule has 0 radical (unpaired) electrons. The average molecular weight is 548 g/mol. The Hall–Kier alpha value is -3.65. The molecule has 1 aliphatic heterocycles. The maximum atomic E-state index is 14.9. The fourth-order valence-corrected chi connectivity index (χ4v) is 5.25. The number of carbonyl (C=O) groups is 2. The number of thiophene rings is 1. The summed E-state index contributed by atoms with van der Waals surface area (Å²) < 4.78 is 29.8. The third-order valence-electron chi connectivity index (χ3n) is 6.36. The molecule has 3 heterocycles. The molecule has 13 heteroatoms. The highest BCUT2D eigenvalue weighted by atomic mass is 32.1. The van der Waals surface area contributed by atoms with Gasteiger partial charge < -0.3 is 31.3 Å². The summed E-state index contributed by atoms with van der Waals surface area (Å²) in [5.74, 6) is -2.68. The zero-order valence-corrected chi connectivity index (χ0v) is 21.2. The van der Waals surface area contributed by atoms with Crippen molar-refractivity contribution in [1.82, 2.24) is 14.8 Å². The molecular formula is C25H27F2N5O5S. The number of piperazine rings is 1. The SMILES string of the molecule is CC(CO)c1cc(F)c(-c2cc(C(N)=O)c(Nc3cccc(C(O)N4CCN(C(=O)O)CC4)n3)s2)c(F)c1. The topological polar surface area (TPSA) is 152 Å². The van der Waals surface area contributed by atoms with Gasteiger partial charge in [-0.1, -0.05) is 13.0 Å². The van der Waals surface area contributed by atoms with Gasteiger partial charge in [0.25, 0.3) is 5.91 Å². The average Bonchev–Trinajstić information content (AvgIpc) is 3.30. The second-order valence-corrected chi connectivity index (χ2v) is 9.97. The molecule has 0 saturated carbocycles. The van der Waals surface area contributed by atoms with Gasteiger partial charge in [0.2, 0.25) is 0 Å². The largest absolute Gasteiger partial charge is 0.465 e. The first-order valence-electron chi connectivity index (χ1n) is 11.8. The highest BCUT2D eigenvalue weighted by Crippen LogP contribution is 2.40.